The number of benzene rings is 1. The zero-order chi connectivity index (χ0) is 12.2. The minimum atomic E-state index is -0.233. The number of ether oxygens (including phenoxy) is 1. The molecule has 0 aromatic heterocycles. The Morgan fingerprint density at radius 1 is 1.44 bits per heavy atom. The van der Waals surface area contributed by atoms with E-state index in [1.807, 2.05) is 13.8 Å². The highest BCUT2D eigenvalue weighted by atomic mass is 32.2. The fourth-order valence-electron chi connectivity index (χ4n) is 1.28. The molecule has 90 valence electrons. The van der Waals surface area contributed by atoms with Crippen LogP contribution in [0.2, 0.25) is 0 Å². The van der Waals surface area contributed by atoms with Gasteiger partial charge in [-0.1, -0.05) is 0 Å². The molecule has 2 N–H and O–H groups in total. The fraction of sp³-hybridized carbons (Fsp3) is 0.500. The normalized spacial score (nSPS) is 11.6. The molecule has 0 aliphatic heterocycles. The smallest absolute Gasteiger partial charge is 0.123 e. The molecule has 0 saturated carbocycles. The van der Waals surface area contributed by atoms with Gasteiger partial charge in [-0.15, -0.1) is 0 Å². The van der Waals surface area contributed by atoms with Crippen LogP contribution in [0, 0.1) is 5.82 Å². The van der Waals surface area contributed by atoms with Crippen molar-refractivity contribution in [3.05, 3.63) is 29.6 Å². The lowest BCUT2D eigenvalue weighted by atomic mass is 10.1. The zero-order valence-electron chi connectivity index (χ0n) is 9.92. The molecule has 0 aliphatic rings. The van der Waals surface area contributed by atoms with Crippen molar-refractivity contribution < 1.29 is 9.13 Å². The van der Waals surface area contributed by atoms with Crippen LogP contribution >= 0.6 is 11.8 Å². The molecule has 16 heavy (non-hydrogen) atoms. The number of rotatable bonds is 5. The Morgan fingerprint density at radius 2 is 2.12 bits per heavy atom. The summed E-state index contributed by atoms with van der Waals surface area (Å²) in [6.07, 6.45) is 0. The molecular formula is C12H18FNOS. The molecule has 1 rings (SSSR count). The average Bonchev–Trinajstić information content (AvgIpc) is 2.16. The average molecular weight is 243 g/mol. The van der Waals surface area contributed by atoms with Gasteiger partial charge in [0.25, 0.3) is 0 Å². The first kappa shape index (κ1) is 13.3. The molecule has 0 amide bonds. The lowest BCUT2D eigenvalue weighted by molar-refractivity contribution is 0.410. The Balaban J connectivity index is 2.62. The highest BCUT2D eigenvalue weighted by Gasteiger charge is 2.11. The molecule has 2 nitrogen and oxygen atoms in total. The van der Waals surface area contributed by atoms with Crippen molar-refractivity contribution in [1.29, 1.82) is 0 Å². The standard InChI is InChI=1S/C12H18FNOS/c1-12(2,14)8-16-7-9-6-10(13)4-5-11(9)15-3/h4-6H,7-8,14H2,1-3H3. The third-order valence-corrected chi connectivity index (χ3v) is 3.44. The van der Waals surface area contributed by atoms with Gasteiger partial charge in [0.15, 0.2) is 0 Å². The monoisotopic (exact) mass is 243 g/mol. The lowest BCUT2D eigenvalue weighted by Gasteiger charge is -2.18. The SMILES string of the molecule is COc1ccc(F)cc1CSCC(C)(C)N. The van der Waals surface area contributed by atoms with Crippen LogP contribution in [0.5, 0.6) is 5.75 Å². The van der Waals surface area contributed by atoms with E-state index >= 15 is 0 Å². The number of hydrogen-bond acceptors (Lipinski definition) is 3. The van der Waals surface area contributed by atoms with Crippen LogP contribution in [-0.4, -0.2) is 18.4 Å². The van der Waals surface area contributed by atoms with Crippen molar-refractivity contribution in [3.8, 4) is 5.75 Å². The van der Waals surface area contributed by atoms with E-state index in [1.54, 1.807) is 24.9 Å². The van der Waals surface area contributed by atoms with Gasteiger partial charge in [0, 0.05) is 22.6 Å². The largest absolute Gasteiger partial charge is 0.496 e. The molecule has 0 saturated heterocycles. The van der Waals surface area contributed by atoms with Gasteiger partial charge in [-0.05, 0) is 32.0 Å². The number of hydrogen-bond donors (Lipinski definition) is 1. The van der Waals surface area contributed by atoms with Crippen LogP contribution in [0.15, 0.2) is 18.2 Å². The molecule has 0 fully saturated rings. The van der Waals surface area contributed by atoms with E-state index in [9.17, 15) is 4.39 Å². The van der Waals surface area contributed by atoms with E-state index in [-0.39, 0.29) is 11.4 Å². The summed E-state index contributed by atoms with van der Waals surface area (Å²) >= 11 is 1.68. The minimum absolute atomic E-state index is 0.203. The van der Waals surface area contributed by atoms with Crippen LogP contribution in [0.4, 0.5) is 4.39 Å². The van der Waals surface area contributed by atoms with Crippen molar-refractivity contribution >= 4 is 11.8 Å². The van der Waals surface area contributed by atoms with Gasteiger partial charge in [0.05, 0.1) is 7.11 Å². The first-order valence-electron chi connectivity index (χ1n) is 5.11. The molecule has 0 radical (unpaired) electrons. The highest BCUT2D eigenvalue weighted by molar-refractivity contribution is 7.98. The maximum Gasteiger partial charge on any atom is 0.123 e. The molecular weight excluding hydrogens is 225 g/mol. The first-order valence-corrected chi connectivity index (χ1v) is 6.27. The van der Waals surface area contributed by atoms with E-state index in [0.717, 1.165) is 17.1 Å². The molecule has 0 spiro atoms. The Hall–Kier alpha value is -0.740. The predicted octanol–water partition coefficient (Wildman–Crippen LogP) is 2.80. The Kier molecular flexibility index (Phi) is 4.62. The third kappa shape index (κ3) is 4.41. The maximum atomic E-state index is 13.1. The zero-order valence-corrected chi connectivity index (χ0v) is 10.7. The summed E-state index contributed by atoms with van der Waals surface area (Å²) in [6.45, 7) is 3.95. The summed E-state index contributed by atoms with van der Waals surface area (Å²) in [5, 5.41) is 0. The summed E-state index contributed by atoms with van der Waals surface area (Å²) in [4.78, 5) is 0. The molecule has 1 aromatic carbocycles. The summed E-state index contributed by atoms with van der Waals surface area (Å²) in [5.41, 5.74) is 6.54. The molecule has 0 aliphatic carbocycles. The number of nitrogens with two attached hydrogens (primary N) is 1. The second-order valence-corrected chi connectivity index (χ2v) is 5.42. The third-order valence-electron chi connectivity index (χ3n) is 1.97. The van der Waals surface area contributed by atoms with Crippen molar-refractivity contribution in [1.82, 2.24) is 0 Å². The van der Waals surface area contributed by atoms with Crippen LogP contribution in [0.3, 0.4) is 0 Å². The van der Waals surface area contributed by atoms with Gasteiger partial charge < -0.3 is 10.5 Å². The summed E-state index contributed by atoms with van der Waals surface area (Å²) in [6, 6.07) is 4.56. The van der Waals surface area contributed by atoms with Crippen LogP contribution in [0.25, 0.3) is 0 Å². The summed E-state index contributed by atoms with van der Waals surface area (Å²) < 4.78 is 18.2. The van der Waals surface area contributed by atoms with Gasteiger partial charge in [0.2, 0.25) is 0 Å². The summed E-state index contributed by atoms with van der Waals surface area (Å²) in [7, 11) is 1.59. The molecule has 0 atom stereocenters. The molecule has 0 unspecified atom stereocenters. The molecule has 0 heterocycles. The predicted molar refractivity (Wildman–Crippen MR) is 67.4 cm³/mol. The van der Waals surface area contributed by atoms with E-state index in [4.69, 9.17) is 10.5 Å². The Labute approximate surface area is 100 Å². The van der Waals surface area contributed by atoms with Crippen molar-refractivity contribution in [2.45, 2.75) is 25.1 Å². The maximum absolute atomic E-state index is 13.1. The lowest BCUT2D eigenvalue weighted by Crippen LogP contribution is -2.34. The first-order chi connectivity index (χ1) is 7.42. The topological polar surface area (TPSA) is 35.2 Å². The van der Waals surface area contributed by atoms with Crippen molar-refractivity contribution in [3.63, 3.8) is 0 Å². The van der Waals surface area contributed by atoms with Gasteiger partial charge in [-0.2, -0.15) is 11.8 Å². The van der Waals surface area contributed by atoms with Crippen molar-refractivity contribution in [2.75, 3.05) is 12.9 Å². The van der Waals surface area contributed by atoms with Crippen molar-refractivity contribution in [2.24, 2.45) is 5.73 Å². The fourth-order valence-corrected chi connectivity index (χ4v) is 2.36. The van der Waals surface area contributed by atoms with E-state index in [0.29, 0.717) is 5.75 Å². The van der Waals surface area contributed by atoms with Gasteiger partial charge >= 0.3 is 0 Å². The van der Waals surface area contributed by atoms with Gasteiger partial charge in [0.1, 0.15) is 11.6 Å². The second kappa shape index (κ2) is 5.55. The minimum Gasteiger partial charge on any atom is -0.496 e. The Bertz CT molecular complexity index is 349. The van der Waals surface area contributed by atoms with Crippen LogP contribution in [-0.2, 0) is 5.75 Å². The van der Waals surface area contributed by atoms with E-state index < -0.39 is 0 Å². The number of methoxy groups -OCH3 is 1. The van der Waals surface area contributed by atoms with E-state index in [1.165, 1.54) is 12.1 Å². The second-order valence-electron chi connectivity index (χ2n) is 4.44. The molecule has 0 bridgehead atoms. The van der Waals surface area contributed by atoms with Crippen LogP contribution < -0.4 is 10.5 Å². The van der Waals surface area contributed by atoms with Crippen LogP contribution in [0.1, 0.15) is 19.4 Å². The van der Waals surface area contributed by atoms with Gasteiger partial charge in [-0.25, -0.2) is 4.39 Å². The molecule has 1 aromatic rings. The van der Waals surface area contributed by atoms with Gasteiger partial charge in [-0.3, -0.25) is 0 Å². The quantitative estimate of drug-likeness (QED) is 0.863. The number of halogens is 1. The summed E-state index contributed by atoms with van der Waals surface area (Å²) in [5.74, 6) is 2.03. The number of thioether (sulfide) groups is 1. The highest BCUT2D eigenvalue weighted by Crippen LogP contribution is 2.25. The van der Waals surface area contributed by atoms with E-state index in [2.05, 4.69) is 0 Å². The molecule has 4 heteroatoms. The Morgan fingerprint density at radius 3 is 2.69 bits per heavy atom.